The number of para-hydroxylation sites is 1. The number of alkyl halides is 1. The molecule has 0 aliphatic rings. The van der Waals surface area contributed by atoms with Gasteiger partial charge in [0.2, 0.25) is 0 Å². The Balaban J connectivity index is 3.17. The van der Waals surface area contributed by atoms with Crippen LogP contribution < -0.4 is 5.32 Å². The van der Waals surface area contributed by atoms with Gasteiger partial charge in [-0.05, 0) is 6.07 Å². The highest BCUT2D eigenvalue weighted by atomic mass is 127. The molecule has 1 rings (SSSR count). The van der Waals surface area contributed by atoms with E-state index in [1.165, 1.54) is 7.05 Å². The maximum Gasteiger partial charge on any atom is 0.354 e. The summed E-state index contributed by atoms with van der Waals surface area (Å²) in [5, 5.41) is 12.0. The third-order valence-electron chi connectivity index (χ3n) is 1.87. The topological polar surface area (TPSA) is 61.7 Å². The fourth-order valence-electron chi connectivity index (χ4n) is 1.25. The molecule has 0 atom stereocenters. The van der Waals surface area contributed by atoms with Gasteiger partial charge >= 0.3 is 5.97 Å². The second-order valence-corrected chi connectivity index (χ2v) is 3.50. The summed E-state index contributed by atoms with van der Waals surface area (Å²) >= 11 is 2.16. The number of nitrogens with one attached hydrogen (secondary N) is 1. The van der Waals surface area contributed by atoms with E-state index >= 15 is 0 Å². The zero-order valence-electron chi connectivity index (χ0n) is 8.20. The third-order valence-corrected chi connectivity index (χ3v) is 2.25. The van der Waals surface area contributed by atoms with Crippen molar-refractivity contribution in [1.29, 1.82) is 0 Å². The maximum atomic E-state index is 10.9. The predicted octanol–water partition coefficient (Wildman–Crippen LogP) is 1.99. The van der Waals surface area contributed by atoms with Crippen LogP contribution in [-0.2, 0) is 4.79 Å². The van der Waals surface area contributed by atoms with E-state index in [0.717, 1.165) is 5.69 Å². The monoisotopic (exact) mass is 318 g/mol. The molecule has 80 valence electrons. The molecule has 0 bridgehead atoms. The number of carbonyl (C=O) groups is 1. The summed E-state index contributed by atoms with van der Waals surface area (Å²) in [4.78, 5) is 14.7. The van der Waals surface area contributed by atoms with Crippen molar-refractivity contribution in [3.05, 3.63) is 29.8 Å². The molecule has 0 heterocycles. The lowest BCUT2D eigenvalue weighted by atomic mass is 10.1. The Kier molecular flexibility index (Phi) is 4.54. The molecule has 0 saturated heterocycles. The molecule has 0 saturated carbocycles. The zero-order chi connectivity index (χ0) is 11.3. The van der Waals surface area contributed by atoms with Crippen molar-refractivity contribution in [1.82, 2.24) is 0 Å². The average molecular weight is 318 g/mol. The Morgan fingerprint density at radius 1 is 1.53 bits per heavy atom. The number of rotatable bonds is 4. The number of benzene rings is 1. The van der Waals surface area contributed by atoms with Crippen molar-refractivity contribution in [3.8, 4) is 0 Å². The van der Waals surface area contributed by atoms with Crippen LogP contribution >= 0.6 is 22.6 Å². The number of hydrogen-bond acceptors (Lipinski definition) is 3. The van der Waals surface area contributed by atoms with Crippen molar-refractivity contribution in [3.63, 3.8) is 0 Å². The van der Waals surface area contributed by atoms with E-state index in [9.17, 15) is 4.79 Å². The van der Waals surface area contributed by atoms with Crippen molar-refractivity contribution in [2.45, 2.75) is 0 Å². The molecule has 0 aliphatic heterocycles. The smallest absolute Gasteiger partial charge is 0.354 e. The number of hydrogen-bond donors (Lipinski definition) is 2. The quantitative estimate of drug-likeness (QED) is 0.386. The summed E-state index contributed by atoms with van der Waals surface area (Å²) in [6, 6.07) is 7.22. The highest BCUT2D eigenvalue weighted by molar-refractivity contribution is 14.1. The van der Waals surface area contributed by atoms with E-state index in [4.69, 9.17) is 5.11 Å². The predicted molar refractivity (Wildman–Crippen MR) is 69.0 cm³/mol. The zero-order valence-corrected chi connectivity index (χ0v) is 10.4. The second kappa shape index (κ2) is 5.69. The van der Waals surface area contributed by atoms with Gasteiger partial charge in [-0.1, -0.05) is 40.8 Å². The van der Waals surface area contributed by atoms with E-state index in [2.05, 4.69) is 32.9 Å². The molecule has 0 aromatic heterocycles. The standard InChI is InChI=1S/C10H11IN2O2/c1-12-9(10(14)15)7-4-2-3-5-8(7)13-6-11/h2-5,13H,6H2,1H3,(H,14,15). The van der Waals surface area contributed by atoms with Crippen LogP contribution in [0.5, 0.6) is 0 Å². The van der Waals surface area contributed by atoms with Gasteiger partial charge < -0.3 is 10.4 Å². The summed E-state index contributed by atoms with van der Waals surface area (Å²) in [7, 11) is 1.48. The fourth-order valence-corrected chi connectivity index (χ4v) is 1.66. The van der Waals surface area contributed by atoms with Gasteiger partial charge in [0.25, 0.3) is 0 Å². The summed E-state index contributed by atoms with van der Waals surface area (Å²) < 4.78 is 0.714. The number of aliphatic carboxylic acids is 1. The van der Waals surface area contributed by atoms with Crippen LogP contribution in [0.1, 0.15) is 5.56 Å². The van der Waals surface area contributed by atoms with Crippen LogP contribution in [0, 0.1) is 0 Å². The minimum Gasteiger partial charge on any atom is -0.477 e. The Morgan fingerprint density at radius 2 is 2.20 bits per heavy atom. The van der Waals surface area contributed by atoms with Gasteiger partial charge in [-0.2, -0.15) is 0 Å². The van der Waals surface area contributed by atoms with Crippen LogP contribution in [0.4, 0.5) is 5.69 Å². The highest BCUT2D eigenvalue weighted by Gasteiger charge is 2.14. The SMILES string of the molecule is CN=C(C(=O)O)c1ccccc1NCI. The lowest BCUT2D eigenvalue weighted by molar-refractivity contribution is -0.129. The first-order valence-electron chi connectivity index (χ1n) is 4.30. The first kappa shape index (κ1) is 12.0. The minimum absolute atomic E-state index is 0.0722. The Labute approximate surface area is 102 Å². The molecular weight excluding hydrogens is 307 g/mol. The molecule has 2 N–H and O–H groups in total. The van der Waals surface area contributed by atoms with Gasteiger partial charge in [0.1, 0.15) is 0 Å². The summed E-state index contributed by atoms with van der Waals surface area (Å²) in [5.41, 5.74) is 1.47. The number of nitrogens with zero attached hydrogens (tertiary/aromatic N) is 1. The van der Waals surface area contributed by atoms with Gasteiger partial charge in [0, 0.05) is 18.3 Å². The van der Waals surface area contributed by atoms with E-state index in [0.29, 0.717) is 10.1 Å². The van der Waals surface area contributed by atoms with Gasteiger partial charge in [-0.15, -0.1) is 0 Å². The summed E-state index contributed by atoms with van der Waals surface area (Å²) in [6.07, 6.45) is 0. The van der Waals surface area contributed by atoms with E-state index < -0.39 is 5.97 Å². The average Bonchev–Trinajstić information content (AvgIpc) is 2.21. The van der Waals surface area contributed by atoms with Crippen LogP contribution in [0.15, 0.2) is 29.3 Å². The van der Waals surface area contributed by atoms with Gasteiger partial charge in [0.15, 0.2) is 5.71 Å². The summed E-state index contributed by atoms with van der Waals surface area (Å²) in [5.74, 6) is -1.01. The molecule has 1 aromatic carbocycles. The number of carboxylic acid groups (broad SMARTS) is 1. The summed E-state index contributed by atoms with van der Waals surface area (Å²) in [6.45, 7) is 0. The molecule has 0 unspecified atom stereocenters. The van der Waals surface area contributed by atoms with Gasteiger partial charge in [0.05, 0.1) is 4.55 Å². The molecule has 4 nitrogen and oxygen atoms in total. The van der Waals surface area contributed by atoms with Crippen molar-refractivity contribution >= 4 is 40.0 Å². The molecule has 0 fully saturated rings. The van der Waals surface area contributed by atoms with E-state index in [1.807, 2.05) is 12.1 Å². The molecule has 0 aliphatic carbocycles. The minimum atomic E-state index is -1.01. The molecule has 0 spiro atoms. The van der Waals surface area contributed by atoms with Crippen molar-refractivity contribution in [2.75, 3.05) is 16.9 Å². The molecule has 5 heteroatoms. The van der Waals surface area contributed by atoms with Crippen LogP contribution in [0.3, 0.4) is 0 Å². The van der Waals surface area contributed by atoms with Crippen LogP contribution in [0.25, 0.3) is 0 Å². The van der Waals surface area contributed by atoms with E-state index in [1.54, 1.807) is 12.1 Å². The highest BCUT2D eigenvalue weighted by Crippen LogP contribution is 2.16. The maximum absolute atomic E-state index is 10.9. The molecule has 0 radical (unpaired) electrons. The second-order valence-electron chi connectivity index (χ2n) is 2.73. The Bertz CT molecular complexity index is 391. The first-order valence-corrected chi connectivity index (χ1v) is 5.82. The Morgan fingerprint density at radius 3 is 2.73 bits per heavy atom. The molecule has 1 aromatic rings. The van der Waals surface area contributed by atoms with Crippen molar-refractivity contribution < 1.29 is 9.90 Å². The number of aliphatic imine (C=N–C) groups is 1. The fraction of sp³-hybridized carbons (Fsp3) is 0.200. The lowest BCUT2D eigenvalue weighted by Gasteiger charge is -2.09. The normalized spacial score (nSPS) is 11.2. The molecule has 15 heavy (non-hydrogen) atoms. The van der Waals surface area contributed by atoms with Crippen molar-refractivity contribution in [2.24, 2.45) is 4.99 Å². The van der Waals surface area contributed by atoms with Crippen LogP contribution in [-0.4, -0.2) is 28.4 Å². The largest absolute Gasteiger partial charge is 0.477 e. The number of halogens is 1. The van der Waals surface area contributed by atoms with E-state index in [-0.39, 0.29) is 5.71 Å². The van der Waals surface area contributed by atoms with Crippen LogP contribution in [0.2, 0.25) is 0 Å². The van der Waals surface area contributed by atoms with Gasteiger partial charge in [-0.25, -0.2) is 4.79 Å². The molecule has 0 amide bonds. The molecular formula is C10H11IN2O2. The van der Waals surface area contributed by atoms with Gasteiger partial charge in [-0.3, -0.25) is 4.99 Å². The lowest BCUT2D eigenvalue weighted by Crippen LogP contribution is -2.16. The number of anilines is 1. The third kappa shape index (κ3) is 2.92. The first-order chi connectivity index (χ1) is 7.20. The number of carboxylic acids is 1. The Hall–Kier alpha value is -1.11.